The van der Waals surface area contributed by atoms with E-state index in [1.165, 1.54) is 39.0 Å². The number of nitrogens with one attached hydrogen (secondary N) is 2. The highest BCUT2D eigenvalue weighted by Crippen LogP contribution is 2.26. The number of rotatable bonds is 5. The van der Waals surface area contributed by atoms with Crippen LogP contribution in [-0.4, -0.2) is 22.9 Å². The number of hydrazine groups is 1. The summed E-state index contributed by atoms with van der Waals surface area (Å²) in [4.78, 5) is 33.4. The van der Waals surface area contributed by atoms with Gasteiger partial charge in [0.15, 0.2) is 0 Å². The Labute approximate surface area is 118 Å². The molecule has 20 heavy (non-hydrogen) atoms. The lowest BCUT2D eigenvalue weighted by Gasteiger charge is -2.20. The molecule has 0 aromatic rings. The van der Waals surface area contributed by atoms with Crippen molar-refractivity contribution in [3.8, 4) is 0 Å². The molecule has 6 nitrogen and oxygen atoms in total. The van der Waals surface area contributed by atoms with Crippen molar-refractivity contribution in [3.05, 3.63) is 11.6 Å². The third-order valence-electron chi connectivity index (χ3n) is 3.51. The van der Waals surface area contributed by atoms with Crippen molar-refractivity contribution in [1.82, 2.24) is 10.9 Å². The highest BCUT2D eigenvalue weighted by Gasteiger charge is 2.14. The molecule has 0 aromatic carbocycles. The summed E-state index contributed by atoms with van der Waals surface area (Å²) in [5.74, 6) is -1.44. The quantitative estimate of drug-likeness (QED) is 0.526. The van der Waals surface area contributed by atoms with Crippen molar-refractivity contribution in [2.75, 3.05) is 0 Å². The van der Waals surface area contributed by atoms with Gasteiger partial charge in [0.05, 0.1) is 0 Å². The van der Waals surface area contributed by atoms with Gasteiger partial charge in [-0.3, -0.25) is 20.4 Å². The van der Waals surface area contributed by atoms with Gasteiger partial charge in [0, 0.05) is 18.1 Å². The van der Waals surface area contributed by atoms with E-state index in [0.29, 0.717) is 12.3 Å². The van der Waals surface area contributed by atoms with E-state index in [4.69, 9.17) is 5.11 Å². The number of carbonyl (C=O) groups is 3. The Morgan fingerprint density at radius 1 is 1.15 bits per heavy atom. The lowest BCUT2D eigenvalue weighted by molar-refractivity contribution is -0.133. The molecule has 0 bridgehead atoms. The molecular weight excluding hydrogens is 260 g/mol. The van der Waals surface area contributed by atoms with Crippen molar-refractivity contribution in [3.63, 3.8) is 0 Å². The molecule has 1 aliphatic rings. The number of aliphatic carboxylic acids is 1. The SMILES string of the molecule is C/C(=C\C(=O)NNC(=O)CCC1CCCCC1)C(=O)O. The average Bonchev–Trinajstić information content (AvgIpc) is 2.43. The predicted molar refractivity (Wildman–Crippen MR) is 73.5 cm³/mol. The summed E-state index contributed by atoms with van der Waals surface area (Å²) in [6.45, 7) is 1.31. The van der Waals surface area contributed by atoms with Gasteiger partial charge >= 0.3 is 5.97 Å². The number of amides is 2. The molecule has 0 aliphatic heterocycles. The van der Waals surface area contributed by atoms with Crippen LogP contribution in [0, 0.1) is 5.92 Å². The Bertz CT molecular complexity index is 398. The minimum atomic E-state index is -1.16. The molecule has 3 N–H and O–H groups in total. The summed E-state index contributed by atoms with van der Waals surface area (Å²) >= 11 is 0. The highest BCUT2D eigenvalue weighted by atomic mass is 16.4. The van der Waals surface area contributed by atoms with Crippen molar-refractivity contribution in [2.45, 2.75) is 51.9 Å². The summed E-state index contributed by atoms with van der Waals surface area (Å²) in [5.41, 5.74) is 4.38. The molecule has 0 radical (unpaired) electrons. The van der Waals surface area contributed by atoms with Crippen LogP contribution < -0.4 is 10.9 Å². The molecule has 1 fully saturated rings. The van der Waals surface area contributed by atoms with Crippen LogP contribution in [0.4, 0.5) is 0 Å². The molecule has 0 unspecified atom stereocenters. The number of carbonyl (C=O) groups excluding carboxylic acids is 2. The first kappa shape index (κ1) is 16.2. The standard InChI is InChI=1S/C14H22N2O4/c1-10(14(19)20)9-13(18)16-15-12(17)8-7-11-5-3-2-4-6-11/h9,11H,2-8H2,1H3,(H,15,17)(H,16,18)(H,19,20)/b10-9+. The Hall–Kier alpha value is -1.85. The Morgan fingerprint density at radius 2 is 1.80 bits per heavy atom. The molecule has 0 aromatic heterocycles. The van der Waals surface area contributed by atoms with Gasteiger partial charge in [0.25, 0.3) is 5.91 Å². The van der Waals surface area contributed by atoms with Gasteiger partial charge < -0.3 is 5.11 Å². The van der Waals surface area contributed by atoms with E-state index in [1.54, 1.807) is 0 Å². The fourth-order valence-corrected chi connectivity index (χ4v) is 2.30. The van der Waals surface area contributed by atoms with Gasteiger partial charge in [-0.1, -0.05) is 32.1 Å². The Balaban J connectivity index is 2.20. The van der Waals surface area contributed by atoms with Crippen LogP contribution in [0.5, 0.6) is 0 Å². The van der Waals surface area contributed by atoms with Crippen molar-refractivity contribution in [2.24, 2.45) is 5.92 Å². The lowest BCUT2D eigenvalue weighted by Crippen LogP contribution is -2.41. The maximum atomic E-state index is 11.5. The molecule has 0 heterocycles. The predicted octanol–water partition coefficient (Wildman–Crippen LogP) is 1.53. The average molecular weight is 282 g/mol. The minimum Gasteiger partial charge on any atom is -0.478 e. The number of hydrogen-bond acceptors (Lipinski definition) is 3. The maximum Gasteiger partial charge on any atom is 0.331 e. The highest BCUT2D eigenvalue weighted by molar-refractivity contribution is 5.97. The van der Waals surface area contributed by atoms with Crippen LogP contribution in [0.15, 0.2) is 11.6 Å². The molecule has 6 heteroatoms. The monoisotopic (exact) mass is 282 g/mol. The van der Waals surface area contributed by atoms with Crippen LogP contribution in [0.1, 0.15) is 51.9 Å². The molecule has 112 valence electrons. The fourth-order valence-electron chi connectivity index (χ4n) is 2.30. The van der Waals surface area contributed by atoms with Crippen LogP contribution in [0.3, 0.4) is 0 Å². The smallest absolute Gasteiger partial charge is 0.331 e. The second-order valence-corrected chi connectivity index (χ2v) is 5.21. The normalized spacial score (nSPS) is 16.6. The van der Waals surface area contributed by atoms with E-state index in [2.05, 4.69) is 10.9 Å². The molecule has 0 saturated heterocycles. The number of carboxylic acids is 1. The summed E-state index contributed by atoms with van der Waals surface area (Å²) < 4.78 is 0. The van der Waals surface area contributed by atoms with Crippen LogP contribution in [0.2, 0.25) is 0 Å². The van der Waals surface area contributed by atoms with Crippen LogP contribution in [0.25, 0.3) is 0 Å². The largest absolute Gasteiger partial charge is 0.478 e. The lowest BCUT2D eigenvalue weighted by atomic mass is 9.86. The maximum absolute atomic E-state index is 11.5. The minimum absolute atomic E-state index is 0.0843. The molecule has 0 atom stereocenters. The van der Waals surface area contributed by atoms with Gasteiger partial charge in [-0.15, -0.1) is 0 Å². The first-order valence-corrected chi connectivity index (χ1v) is 6.99. The first-order valence-electron chi connectivity index (χ1n) is 6.99. The van der Waals surface area contributed by atoms with Gasteiger partial charge in [0.1, 0.15) is 0 Å². The van der Waals surface area contributed by atoms with E-state index < -0.39 is 11.9 Å². The summed E-state index contributed by atoms with van der Waals surface area (Å²) in [6, 6.07) is 0. The van der Waals surface area contributed by atoms with Crippen molar-refractivity contribution in [1.29, 1.82) is 0 Å². The zero-order chi connectivity index (χ0) is 15.0. The molecular formula is C14H22N2O4. The van der Waals surface area contributed by atoms with Gasteiger partial charge in [-0.05, 0) is 19.3 Å². The van der Waals surface area contributed by atoms with E-state index in [1.807, 2.05) is 0 Å². The second kappa shape index (κ2) is 8.35. The number of hydrogen-bond donors (Lipinski definition) is 3. The topological polar surface area (TPSA) is 95.5 Å². The zero-order valence-corrected chi connectivity index (χ0v) is 11.8. The molecule has 0 spiro atoms. The summed E-state index contributed by atoms with van der Waals surface area (Å²) in [5, 5.41) is 8.60. The fraction of sp³-hybridized carbons (Fsp3) is 0.643. The van der Waals surface area contributed by atoms with E-state index in [-0.39, 0.29) is 11.5 Å². The van der Waals surface area contributed by atoms with Gasteiger partial charge in [-0.25, -0.2) is 4.79 Å². The van der Waals surface area contributed by atoms with Crippen molar-refractivity contribution < 1.29 is 19.5 Å². The number of carboxylic acid groups (broad SMARTS) is 1. The summed E-state index contributed by atoms with van der Waals surface area (Å²) in [7, 11) is 0. The summed E-state index contributed by atoms with van der Waals surface area (Å²) in [6.07, 6.45) is 8.28. The Morgan fingerprint density at radius 3 is 2.40 bits per heavy atom. The van der Waals surface area contributed by atoms with Gasteiger partial charge in [-0.2, -0.15) is 0 Å². The zero-order valence-electron chi connectivity index (χ0n) is 11.8. The molecule has 1 saturated carbocycles. The van der Waals surface area contributed by atoms with Gasteiger partial charge in [0.2, 0.25) is 5.91 Å². The first-order chi connectivity index (χ1) is 9.49. The van der Waals surface area contributed by atoms with E-state index in [9.17, 15) is 14.4 Å². The third-order valence-corrected chi connectivity index (χ3v) is 3.51. The molecule has 2 amide bonds. The van der Waals surface area contributed by atoms with Crippen LogP contribution in [-0.2, 0) is 14.4 Å². The molecule has 1 aliphatic carbocycles. The molecule has 1 rings (SSSR count). The van der Waals surface area contributed by atoms with Crippen LogP contribution >= 0.6 is 0 Å². The third kappa shape index (κ3) is 6.36. The second-order valence-electron chi connectivity index (χ2n) is 5.21. The van der Waals surface area contributed by atoms with E-state index in [0.717, 1.165) is 12.5 Å². The van der Waals surface area contributed by atoms with E-state index >= 15 is 0 Å². The Kier molecular flexibility index (Phi) is 6.76. The van der Waals surface area contributed by atoms with Crippen molar-refractivity contribution >= 4 is 17.8 Å².